The maximum Gasteiger partial charge on any atom is 0.338 e. The lowest BCUT2D eigenvalue weighted by molar-refractivity contribution is -0.138. The van der Waals surface area contributed by atoms with Crippen LogP contribution < -0.4 is 24.4 Å². The van der Waals surface area contributed by atoms with Gasteiger partial charge in [-0.25, -0.2) is 9.79 Å². The lowest BCUT2D eigenvalue weighted by atomic mass is 9.93. The number of hydrogen-bond acceptors (Lipinski definition) is 8. The summed E-state index contributed by atoms with van der Waals surface area (Å²) >= 11 is 7.02. The smallest absolute Gasteiger partial charge is 0.338 e. The zero-order valence-electron chi connectivity index (χ0n) is 25.8. The fourth-order valence-electron chi connectivity index (χ4n) is 5.43. The van der Waals surface area contributed by atoms with Gasteiger partial charge in [0.2, 0.25) is 0 Å². The Hall–Kier alpha value is -4.51. The average molecular weight is 833 g/mol. The largest absolute Gasteiger partial charge is 0.497 e. The molecule has 0 N–H and O–H groups in total. The predicted molar refractivity (Wildman–Crippen MR) is 196 cm³/mol. The van der Waals surface area contributed by atoms with Crippen LogP contribution in [0, 0.1) is 14.9 Å². The fourth-order valence-corrected chi connectivity index (χ4v) is 8.13. The Morgan fingerprint density at radius 3 is 2.52 bits per heavy atom. The van der Waals surface area contributed by atoms with Crippen LogP contribution in [0.2, 0.25) is 0 Å². The Kier molecular flexibility index (Phi) is 10.2. The summed E-state index contributed by atoms with van der Waals surface area (Å²) in [7, 11) is 1.58. The first-order chi connectivity index (χ1) is 23.3. The lowest BCUT2D eigenvalue weighted by Gasteiger charge is -2.26. The highest BCUT2D eigenvalue weighted by Crippen LogP contribution is 2.36. The van der Waals surface area contributed by atoms with Gasteiger partial charge in [0, 0.05) is 21.2 Å². The Labute approximate surface area is 302 Å². The number of nitrogens with zero attached hydrogens (tertiary/aromatic N) is 3. The molecule has 0 bridgehead atoms. The molecule has 1 aliphatic rings. The van der Waals surface area contributed by atoms with E-state index >= 15 is 0 Å². The van der Waals surface area contributed by atoms with E-state index in [0.717, 1.165) is 19.2 Å². The third-order valence-electron chi connectivity index (χ3n) is 7.64. The first-order valence-electron chi connectivity index (χ1n) is 14.8. The summed E-state index contributed by atoms with van der Waals surface area (Å²) in [6, 6.07) is 29.2. The van der Waals surface area contributed by atoms with Crippen molar-refractivity contribution < 1.29 is 19.0 Å². The summed E-state index contributed by atoms with van der Waals surface area (Å²) in [4.78, 5) is 33.5. The van der Waals surface area contributed by atoms with E-state index < -0.39 is 12.0 Å². The molecule has 1 aromatic heterocycles. The SMILES string of the molecule is CCOC(=O)C1=C(c2ccccc2)N=c2s/c(=C\c3cc(Br)cc(I)c3OCc3ccccc3C#N)c(=O)n2[C@H]1c1ccc(OC)cc1. The number of benzene rings is 4. The topological polar surface area (TPSA) is 103 Å². The number of thiazole rings is 1. The fraction of sp³-hybridized carbons (Fsp3) is 0.135. The van der Waals surface area contributed by atoms with Crippen molar-refractivity contribution >= 4 is 67.6 Å². The molecule has 0 radical (unpaired) electrons. The molecule has 0 saturated carbocycles. The number of ether oxygens (including phenoxy) is 3. The summed E-state index contributed by atoms with van der Waals surface area (Å²) < 4.78 is 20.9. The van der Waals surface area contributed by atoms with Gasteiger partial charge in [-0.2, -0.15) is 5.26 Å². The van der Waals surface area contributed by atoms with E-state index in [1.807, 2.05) is 72.8 Å². The molecule has 0 unspecified atom stereocenters. The van der Waals surface area contributed by atoms with Crippen LogP contribution in [0.15, 0.2) is 111 Å². The predicted octanol–water partition coefficient (Wildman–Crippen LogP) is 6.76. The van der Waals surface area contributed by atoms with Crippen molar-refractivity contribution in [2.75, 3.05) is 13.7 Å². The molecule has 11 heteroatoms. The molecule has 8 nitrogen and oxygen atoms in total. The maximum atomic E-state index is 14.4. The first-order valence-corrected chi connectivity index (χ1v) is 17.5. The number of fused-ring (bicyclic) bond motifs is 1. The minimum Gasteiger partial charge on any atom is -0.497 e. The number of hydrogen-bond donors (Lipinski definition) is 0. The highest BCUT2D eigenvalue weighted by molar-refractivity contribution is 14.1. The van der Waals surface area contributed by atoms with Crippen LogP contribution in [0.4, 0.5) is 0 Å². The van der Waals surface area contributed by atoms with Gasteiger partial charge < -0.3 is 14.2 Å². The molecule has 1 aliphatic heterocycles. The number of methoxy groups -OCH3 is 1. The van der Waals surface area contributed by atoms with E-state index in [0.29, 0.717) is 43.2 Å². The van der Waals surface area contributed by atoms with Crippen LogP contribution >= 0.6 is 49.9 Å². The Morgan fingerprint density at radius 1 is 1.08 bits per heavy atom. The van der Waals surface area contributed by atoms with E-state index in [1.54, 1.807) is 42.9 Å². The molecule has 4 aromatic carbocycles. The number of nitriles is 1. The summed E-state index contributed by atoms with van der Waals surface area (Å²) in [6.45, 7) is 2.08. The van der Waals surface area contributed by atoms with E-state index in [9.17, 15) is 14.9 Å². The molecule has 48 heavy (non-hydrogen) atoms. The van der Waals surface area contributed by atoms with Crippen molar-refractivity contribution in [2.24, 2.45) is 4.99 Å². The van der Waals surface area contributed by atoms with Crippen LogP contribution in [-0.2, 0) is 16.1 Å². The Bertz CT molecular complexity index is 2280. The Balaban J connectivity index is 1.56. The number of carbonyl (C=O) groups is 1. The van der Waals surface area contributed by atoms with Crippen LogP contribution in [0.3, 0.4) is 0 Å². The zero-order valence-corrected chi connectivity index (χ0v) is 30.3. The highest BCUT2D eigenvalue weighted by atomic mass is 127. The van der Waals surface area contributed by atoms with Gasteiger partial charge in [0.25, 0.3) is 5.56 Å². The minimum atomic E-state index is -0.815. The van der Waals surface area contributed by atoms with E-state index in [4.69, 9.17) is 19.2 Å². The van der Waals surface area contributed by atoms with Gasteiger partial charge in [-0.15, -0.1) is 0 Å². The molecule has 6 rings (SSSR count). The quantitative estimate of drug-likeness (QED) is 0.120. The maximum absolute atomic E-state index is 14.4. The number of rotatable bonds is 9. The third kappa shape index (κ3) is 6.74. The molecule has 2 heterocycles. The van der Waals surface area contributed by atoms with Crippen LogP contribution in [0.5, 0.6) is 11.5 Å². The third-order valence-corrected chi connectivity index (χ3v) is 9.88. The van der Waals surface area contributed by atoms with Crippen molar-refractivity contribution in [3.8, 4) is 17.6 Å². The number of esters is 1. The Morgan fingerprint density at radius 2 is 1.81 bits per heavy atom. The summed E-state index contributed by atoms with van der Waals surface area (Å²) in [5.74, 6) is 0.664. The standard InChI is InChI=1S/C37H27BrIN3O5S/c1-3-46-36(44)31-32(22-9-5-4-6-10-22)41-37-42(33(31)23-13-15-28(45-2)16-14-23)35(43)30(48-37)18-26-17-27(38)19-29(39)34(26)47-21-25-12-8-7-11-24(25)20-40/h4-19,33H,3,21H2,1-2H3/b30-18-/t33-/m0/s1. The first kappa shape index (κ1) is 33.4. The van der Waals surface area contributed by atoms with Crippen molar-refractivity contribution in [1.82, 2.24) is 4.57 Å². The molecule has 240 valence electrons. The van der Waals surface area contributed by atoms with Crippen LogP contribution in [0.25, 0.3) is 11.8 Å². The molecule has 1 atom stereocenters. The van der Waals surface area contributed by atoms with Crippen LogP contribution in [0.1, 0.15) is 40.8 Å². The van der Waals surface area contributed by atoms with Crippen molar-refractivity contribution in [1.29, 1.82) is 5.26 Å². The van der Waals surface area contributed by atoms with Crippen molar-refractivity contribution in [3.05, 3.63) is 152 Å². The average Bonchev–Trinajstić information content (AvgIpc) is 3.41. The number of aromatic nitrogens is 1. The summed E-state index contributed by atoms with van der Waals surface area (Å²) in [6.07, 6.45) is 1.78. The second-order valence-electron chi connectivity index (χ2n) is 10.6. The molecule has 5 aromatic rings. The molecule has 0 spiro atoms. The molecular formula is C37H27BrIN3O5S. The zero-order chi connectivity index (χ0) is 33.8. The van der Waals surface area contributed by atoms with Gasteiger partial charge >= 0.3 is 5.97 Å². The minimum absolute atomic E-state index is 0.160. The van der Waals surface area contributed by atoms with Crippen molar-refractivity contribution in [3.63, 3.8) is 0 Å². The van der Waals surface area contributed by atoms with E-state index in [1.165, 1.54) is 11.3 Å². The van der Waals surface area contributed by atoms with Crippen LogP contribution in [-0.4, -0.2) is 24.3 Å². The summed E-state index contributed by atoms with van der Waals surface area (Å²) in [5, 5.41) is 9.57. The number of carbonyl (C=O) groups excluding carboxylic acids is 1. The molecule has 0 aliphatic carbocycles. The highest BCUT2D eigenvalue weighted by Gasteiger charge is 2.35. The van der Waals surface area contributed by atoms with Gasteiger partial charge in [-0.1, -0.05) is 87.9 Å². The van der Waals surface area contributed by atoms with Gasteiger partial charge in [0.05, 0.1) is 50.8 Å². The van der Waals surface area contributed by atoms with E-state index in [2.05, 4.69) is 44.6 Å². The molecule has 0 saturated heterocycles. The van der Waals surface area contributed by atoms with Gasteiger partial charge in [0.15, 0.2) is 4.80 Å². The van der Waals surface area contributed by atoms with Gasteiger partial charge in [0.1, 0.15) is 18.1 Å². The monoisotopic (exact) mass is 831 g/mol. The lowest BCUT2D eigenvalue weighted by Crippen LogP contribution is -2.40. The van der Waals surface area contributed by atoms with Gasteiger partial charge in [-0.05, 0) is 71.5 Å². The molecule has 0 fully saturated rings. The molecular weight excluding hydrogens is 805 g/mol. The van der Waals surface area contributed by atoms with Crippen molar-refractivity contribution in [2.45, 2.75) is 19.6 Å². The number of halogens is 2. The molecule has 0 amide bonds. The normalized spacial score (nSPS) is 14.1. The summed E-state index contributed by atoms with van der Waals surface area (Å²) in [5.41, 5.74) is 3.78. The second kappa shape index (κ2) is 14.7. The second-order valence-corrected chi connectivity index (χ2v) is 13.7. The van der Waals surface area contributed by atoms with Gasteiger partial charge in [-0.3, -0.25) is 9.36 Å². The van der Waals surface area contributed by atoms with E-state index in [-0.39, 0.29) is 24.3 Å².